The Balaban J connectivity index is 1.80. The first-order valence-electron chi connectivity index (χ1n) is 8.13. The molecule has 0 aliphatic heterocycles. The Kier molecular flexibility index (Phi) is 5.26. The van der Waals surface area contributed by atoms with Crippen molar-refractivity contribution in [2.75, 3.05) is 5.32 Å². The first-order chi connectivity index (χ1) is 12.1. The van der Waals surface area contributed by atoms with Gasteiger partial charge in [-0.15, -0.1) is 0 Å². The van der Waals surface area contributed by atoms with Crippen LogP contribution < -0.4 is 10.6 Å². The number of amides is 1. The zero-order valence-electron chi connectivity index (χ0n) is 13.9. The van der Waals surface area contributed by atoms with E-state index in [0.29, 0.717) is 5.69 Å². The first-order valence-corrected chi connectivity index (χ1v) is 8.13. The molecule has 128 valence electrons. The molecular weight excluding hydrogens is 319 g/mol. The summed E-state index contributed by atoms with van der Waals surface area (Å²) >= 11 is 0. The van der Waals surface area contributed by atoms with Crippen LogP contribution in [0, 0.1) is 5.82 Å². The molecule has 25 heavy (non-hydrogen) atoms. The largest absolute Gasteiger partial charge is 0.463 e. The quantitative estimate of drug-likeness (QED) is 0.723. The van der Waals surface area contributed by atoms with Crippen molar-refractivity contribution in [3.8, 4) is 0 Å². The molecule has 0 aliphatic carbocycles. The third kappa shape index (κ3) is 4.33. The summed E-state index contributed by atoms with van der Waals surface area (Å²) in [4.78, 5) is 12.8. The highest BCUT2D eigenvalue weighted by Gasteiger charge is 2.27. The fourth-order valence-corrected chi connectivity index (χ4v) is 2.70. The number of rotatable bonds is 6. The monoisotopic (exact) mass is 339 g/mol. The van der Waals surface area contributed by atoms with Gasteiger partial charge in [0.05, 0.1) is 6.26 Å². The number of carbonyl (C=O) groups is 1. The van der Waals surface area contributed by atoms with Crippen molar-refractivity contribution >= 4 is 11.6 Å². The lowest BCUT2D eigenvalue weighted by Crippen LogP contribution is -2.87. The number of nitrogens with one attached hydrogen (secondary N) is 1. The lowest BCUT2D eigenvalue weighted by Gasteiger charge is -2.19. The van der Waals surface area contributed by atoms with Gasteiger partial charge in [0.25, 0.3) is 5.91 Å². The molecule has 0 fully saturated rings. The standard InChI is InChI=1S/C20H19FN2O2/c1-14(18-8-5-13-25-18)22-19(15-6-3-2-4-7-15)20(24)23-17-11-9-16(21)10-12-17/h2-14,19,22H,1H3,(H,23,24)/p+1/t14-,19+/m0/s1. The van der Waals surface area contributed by atoms with Gasteiger partial charge in [0.1, 0.15) is 11.9 Å². The van der Waals surface area contributed by atoms with Gasteiger partial charge >= 0.3 is 0 Å². The van der Waals surface area contributed by atoms with Crippen molar-refractivity contribution in [2.45, 2.75) is 19.0 Å². The molecule has 0 spiro atoms. The number of hydrogen-bond acceptors (Lipinski definition) is 2. The van der Waals surface area contributed by atoms with Gasteiger partial charge in [-0.1, -0.05) is 30.3 Å². The zero-order chi connectivity index (χ0) is 17.6. The Hall–Kier alpha value is -2.92. The number of nitrogens with two attached hydrogens (primary N) is 1. The van der Waals surface area contributed by atoms with Crippen molar-refractivity contribution in [3.63, 3.8) is 0 Å². The topological polar surface area (TPSA) is 58.9 Å². The summed E-state index contributed by atoms with van der Waals surface area (Å²) in [6, 6.07) is 18.5. The second kappa shape index (κ2) is 7.77. The van der Waals surface area contributed by atoms with E-state index in [2.05, 4.69) is 5.32 Å². The van der Waals surface area contributed by atoms with Gasteiger partial charge in [0, 0.05) is 11.3 Å². The number of anilines is 1. The predicted octanol–water partition coefficient (Wildman–Crippen LogP) is 3.42. The summed E-state index contributed by atoms with van der Waals surface area (Å²) in [7, 11) is 0. The Morgan fingerprint density at radius 2 is 1.76 bits per heavy atom. The number of quaternary nitrogens is 1. The molecule has 1 amide bonds. The fraction of sp³-hybridized carbons (Fsp3) is 0.150. The van der Waals surface area contributed by atoms with Crippen LogP contribution >= 0.6 is 0 Å². The smallest absolute Gasteiger partial charge is 0.287 e. The average molecular weight is 339 g/mol. The van der Waals surface area contributed by atoms with Crippen molar-refractivity contribution in [2.24, 2.45) is 0 Å². The Labute approximate surface area is 145 Å². The van der Waals surface area contributed by atoms with Gasteiger partial charge in [-0.3, -0.25) is 4.79 Å². The van der Waals surface area contributed by atoms with Crippen LogP contribution in [0.4, 0.5) is 10.1 Å². The molecule has 0 aliphatic rings. The van der Waals surface area contributed by atoms with Gasteiger partial charge in [-0.2, -0.15) is 0 Å². The fourth-order valence-electron chi connectivity index (χ4n) is 2.70. The highest BCUT2D eigenvalue weighted by Crippen LogP contribution is 2.16. The minimum atomic E-state index is -0.452. The Morgan fingerprint density at radius 1 is 1.04 bits per heavy atom. The number of hydrogen-bond donors (Lipinski definition) is 2. The summed E-state index contributed by atoms with van der Waals surface area (Å²) < 4.78 is 18.5. The molecule has 3 N–H and O–H groups in total. The molecule has 0 unspecified atom stereocenters. The molecule has 2 aromatic carbocycles. The van der Waals surface area contributed by atoms with Crippen LogP contribution in [-0.4, -0.2) is 5.91 Å². The summed E-state index contributed by atoms with van der Waals surface area (Å²) in [5, 5.41) is 4.80. The molecule has 1 aromatic heterocycles. The van der Waals surface area contributed by atoms with Crippen LogP contribution in [0.5, 0.6) is 0 Å². The van der Waals surface area contributed by atoms with E-state index in [1.165, 1.54) is 12.1 Å². The second-order valence-electron chi connectivity index (χ2n) is 5.88. The van der Waals surface area contributed by atoms with Crippen molar-refractivity contribution < 1.29 is 18.9 Å². The van der Waals surface area contributed by atoms with Gasteiger partial charge in [0.15, 0.2) is 11.8 Å². The summed E-state index contributed by atoms with van der Waals surface area (Å²) in [6.45, 7) is 1.99. The molecule has 5 heteroatoms. The van der Waals surface area contributed by atoms with Crippen LogP contribution in [0.15, 0.2) is 77.4 Å². The molecule has 1 heterocycles. The van der Waals surface area contributed by atoms with Gasteiger partial charge < -0.3 is 15.1 Å². The lowest BCUT2D eigenvalue weighted by atomic mass is 10.0. The molecule has 3 rings (SSSR count). The van der Waals surface area contributed by atoms with Gasteiger partial charge in [-0.25, -0.2) is 4.39 Å². The number of carbonyl (C=O) groups excluding carboxylic acids is 1. The van der Waals surface area contributed by atoms with E-state index >= 15 is 0 Å². The summed E-state index contributed by atoms with van der Waals surface area (Å²) in [5.74, 6) is 0.294. The maximum atomic E-state index is 13.0. The van der Waals surface area contributed by atoms with Crippen LogP contribution in [0.25, 0.3) is 0 Å². The molecular formula is C20H20FN2O2+. The molecule has 4 nitrogen and oxygen atoms in total. The third-order valence-corrected chi connectivity index (χ3v) is 4.03. The second-order valence-corrected chi connectivity index (χ2v) is 5.88. The van der Waals surface area contributed by atoms with Crippen LogP contribution in [0.1, 0.15) is 30.3 Å². The molecule has 0 saturated heterocycles. The van der Waals surface area contributed by atoms with Crippen LogP contribution in [-0.2, 0) is 4.79 Å². The summed E-state index contributed by atoms with van der Waals surface area (Å²) in [5.41, 5.74) is 1.45. The van der Waals surface area contributed by atoms with E-state index in [1.54, 1.807) is 18.4 Å². The van der Waals surface area contributed by atoms with E-state index in [1.807, 2.05) is 54.7 Å². The number of furan rings is 1. The van der Waals surface area contributed by atoms with Crippen molar-refractivity contribution in [1.82, 2.24) is 0 Å². The average Bonchev–Trinajstić information content (AvgIpc) is 3.17. The van der Waals surface area contributed by atoms with E-state index < -0.39 is 6.04 Å². The maximum absolute atomic E-state index is 13.0. The highest BCUT2D eigenvalue weighted by atomic mass is 19.1. The Morgan fingerprint density at radius 3 is 2.40 bits per heavy atom. The zero-order valence-corrected chi connectivity index (χ0v) is 13.9. The molecule has 0 bridgehead atoms. The van der Waals surface area contributed by atoms with Crippen molar-refractivity contribution in [3.05, 3.63) is 90.1 Å². The normalized spacial score (nSPS) is 13.2. The minimum Gasteiger partial charge on any atom is -0.463 e. The molecule has 2 atom stereocenters. The van der Waals surface area contributed by atoms with Crippen LogP contribution in [0.2, 0.25) is 0 Å². The molecule has 0 saturated carbocycles. The summed E-state index contributed by atoms with van der Waals surface area (Å²) in [6.07, 6.45) is 1.62. The number of benzene rings is 2. The SMILES string of the molecule is C[C@H]([NH2+][C@@H](C(=O)Nc1ccc(F)cc1)c1ccccc1)c1ccco1. The predicted molar refractivity (Wildman–Crippen MR) is 93.3 cm³/mol. The van der Waals surface area contributed by atoms with E-state index in [-0.39, 0.29) is 17.8 Å². The molecule has 3 aromatic rings. The minimum absolute atomic E-state index is 0.0285. The Bertz CT molecular complexity index is 801. The van der Waals surface area contributed by atoms with Gasteiger partial charge in [0.2, 0.25) is 0 Å². The number of halogens is 1. The lowest BCUT2D eigenvalue weighted by molar-refractivity contribution is -0.720. The van der Waals surface area contributed by atoms with Crippen LogP contribution in [0.3, 0.4) is 0 Å². The maximum Gasteiger partial charge on any atom is 0.287 e. The van der Waals surface area contributed by atoms with E-state index in [9.17, 15) is 9.18 Å². The highest BCUT2D eigenvalue weighted by molar-refractivity contribution is 5.94. The first kappa shape index (κ1) is 16.9. The molecule has 0 radical (unpaired) electrons. The van der Waals surface area contributed by atoms with E-state index in [4.69, 9.17) is 4.42 Å². The van der Waals surface area contributed by atoms with Crippen molar-refractivity contribution in [1.29, 1.82) is 0 Å². The van der Waals surface area contributed by atoms with Gasteiger partial charge in [-0.05, 0) is 43.3 Å². The van der Waals surface area contributed by atoms with E-state index in [0.717, 1.165) is 11.3 Å². The third-order valence-electron chi connectivity index (χ3n) is 4.03.